The molecule has 0 fully saturated rings. The van der Waals surface area contributed by atoms with Crippen molar-refractivity contribution in [1.29, 1.82) is 0 Å². The number of carbonyl (C=O) groups is 1. The summed E-state index contributed by atoms with van der Waals surface area (Å²) in [4.78, 5) is 11.3. The molecule has 0 spiro atoms. The minimum absolute atomic E-state index is 0.0190. The normalized spacial score (nSPS) is 11.1. The Morgan fingerprint density at radius 1 is 0.781 bits per heavy atom. The molecule has 0 aromatic heterocycles. The number of hydrogen-bond acceptors (Lipinski definition) is 1. The van der Waals surface area contributed by atoms with Crippen LogP contribution in [0.1, 0.15) is 46.8 Å². The van der Waals surface area contributed by atoms with Crippen LogP contribution in [0.4, 0.5) is 22.0 Å². The van der Waals surface area contributed by atoms with Crippen molar-refractivity contribution in [2.75, 3.05) is 0 Å². The molecule has 2 nitrogen and oxygen atoms in total. The molecule has 0 saturated carbocycles. The van der Waals surface area contributed by atoms with Gasteiger partial charge >= 0.3 is 5.97 Å². The number of halogens is 5. The Morgan fingerprint density at radius 3 is 1.88 bits per heavy atom. The number of carboxylic acids is 1. The number of unbranched alkanes of at least 4 members (excludes halogenated alkanes) is 1. The van der Waals surface area contributed by atoms with Gasteiger partial charge in [-0.3, -0.25) is 0 Å². The van der Waals surface area contributed by atoms with Crippen molar-refractivity contribution in [2.45, 2.75) is 39.0 Å². The van der Waals surface area contributed by atoms with E-state index < -0.39 is 51.7 Å². The van der Waals surface area contributed by atoms with Crippen LogP contribution in [-0.2, 0) is 19.3 Å². The molecular weight excluding hydrogens is 427 g/mol. The lowest BCUT2D eigenvalue weighted by Gasteiger charge is -2.15. The maximum atomic E-state index is 15.0. The van der Waals surface area contributed by atoms with Crippen LogP contribution in [0.5, 0.6) is 0 Å². The lowest BCUT2D eigenvalue weighted by atomic mass is 9.91. The predicted molar refractivity (Wildman–Crippen MR) is 111 cm³/mol. The molecule has 0 aliphatic rings. The molecule has 3 rings (SSSR count). The molecule has 0 unspecified atom stereocenters. The molecule has 0 heterocycles. The summed E-state index contributed by atoms with van der Waals surface area (Å²) in [6, 6.07) is 9.67. The van der Waals surface area contributed by atoms with E-state index in [1.165, 1.54) is 0 Å². The van der Waals surface area contributed by atoms with E-state index in [1.54, 1.807) is 0 Å². The highest BCUT2D eigenvalue weighted by atomic mass is 19.2. The molecule has 0 radical (unpaired) electrons. The van der Waals surface area contributed by atoms with E-state index in [2.05, 4.69) is 6.92 Å². The number of carboxylic acid groups (broad SMARTS) is 1. The number of rotatable bonds is 8. The number of benzene rings is 3. The molecule has 168 valence electrons. The third-order valence-electron chi connectivity index (χ3n) is 5.31. The number of hydrogen-bond donors (Lipinski definition) is 1. The zero-order valence-electron chi connectivity index (χ0n) is 17.3. The average Bonchev–Trinajstić information content (AvgIpc) is 2.74. The van der Waals surface area contributed by atoms with Crippen molar-refractivity contribution in [3.63, 3.8) is 0 Å². The highest BCUT2D eigenvalue weighted by molar-refractivity contribution is 5.91. The highest BCUT2D eigenvalue weighted by Gasteiger charge is 2.25. The Bertz CT molecular complexity index is 1120. The molecule has 1 N–H and O–H groups in total. The lowest BCUT2D eigenvalue weighted by Crippen LogP contribution is -2.10. The molecule has 32 heavy (non-hydrogen) atoms. The van der Waals surface area contributed by atoms with Crippen molar-refractivity contribution in [3.8, 4) is 11.1 Å². The summed E-state index contributed by atoms with van der Waals surface area (Å²) in [6.45, 7) is 2.10. The Hall–Kier alpha value is -3.22. The van der Waals surface area contributed by atoms with Crippen LogP contribution in [-0.4, -0.2) is 11.1 Å². The van der Waals surface area contributed by atoms with E-state index in [0.717, 1.165) is 36.5 Å². The van der Waals surface area contributed by atoms with Crippen molar-refractivity contribution in [1.82, 2.24) is 0 Å². The summed E-state index contributed by atoms with van der Waals surface area (Å²) < 4.78 is 70.3. The molecule has 0 bridgehead atoms. The van der Waals surface area contributed by atoms with Gasteiger partial charge in [0.25, 0.3) is 0 Å². The van der Waals surface area contributed by atoms with Crippen molar-refractivity contribution < 1.29 is 31.9 Å². The van der Waals surface area contributed by atoms with E-state index in [4.69, 9.17) is 5.11 Å². The first-order chi connectivity index (χ1) is 15.2. The maximum absolute atomic E-state index is 15.0. The van der Waals surface area contributed by atoms with Gasteiger partial charge in [0.2, 0.25) is 0 Å². The fourth-order valence-corrected chi connectivity index (χ4v) is 3.61. The van der Waals surface area contributed by atoms with Gasteiger partial charge in [0.15, 0.2) is 17.5 Å². The van der Waals surface area contributed by atoms with Gasteiger partial charge in [-0.15, -0.1) is 0 Å². The van der Waals surface area contributed by atoms with Crippen LogP contribution in [0.25, 0.3) is 11.1 Å². The number of aryl methyl sites for hydroxylation is 3. The molecule has 3 aromatic carbocycles. The molecule has 0 saturated heterocycles. The van der Waals surface area contributed by atoms with Gasteiger partial charge in [0.05, 0.1) is 0 Å². The van der Waals surface area contributed by atoms with Crippen molar-refractivity contribution in [3.05, 3.63) is 93.8 Å². The van der Waals surface area contributed by atoms with Gasteiger partial charge in [-0.25, -0.2) is 26.7 Å². The molecular formula is C25H21F5O2. The smallest absolute Gasteiger partial charge is 0.341 e. The van der Waals surface area contributed by atoms with Crippen molar-refractivity contribution in [2.24, 2.45) is 0 Å². The second-order valence-electron chi connectivity index (χ2n) is 7.56. The molecule has 7 heteroatoms. The van der Waals surface area contributed by atoms with Crippen LogP contribution >= 0.6 is 0 Å². The van der Waals surface area contributed by atoms with Gasteiger partial charge in [0, 0.05) is 5.56 Å². The van der Waals surface area contributed by atoms with Gasteiger partial charge in [-0.1, -0.05) is 37.6 Å². The third kappa shape index (κ3) is 4.98. The fraction of sp³-hybridized carbons (Fsp3) is 0.240. The summed E-state index contributed by atoms with van der Waals surface area (Å²) in [6.07, 6.45) is 3.48. The zero-order valence-corrected chi connectivity index (χ0v) is 17.3. The van der Waals surface area contributed by atoms with E-state index in [0.29, 0.717) is 18.6 Å². The predicted octanol–water partition coefficient (Wildman–Crippen LogP) is 6.88. The van der Waals surface area contributed by atoms with Gasteiger partial charge < -0.3 is 5.11 Å². The first kappa shape index (κ1) is 23.4. The second kappa shape index (κ2) is 9.94. The molecule has 0 amide bonds. The van der Waals surface area contributed by atoms with E-state index in [9.17, 15) is 22.4 Å². The summed E-state index contributed by atoms with van der Waals surface area (Å²) in [5.41, 5.74) is -0.0700. The van der Waals surface area contributed by atoms with Crippen LogP contribution in [0.2, 0.25) is 0 Å². The largest absolute Gasteiger partial charge is 0.477 e. The Morgan fingerprint density at radius 2 is 1.34 bits per heavy atom. The summed E-state index contributed by atoms with van der Waals surface area (Å²) in [5.74, 6) is -9.49. The van der Waals surface area contributed by atoms with Crippen LogP contribution in [0.3, 0.4) is 0 Å². The minimum Gasteiger partial charge on any atom is -0.477 e. The molecule has 3 aromatic rings. The number of aromatic carboxylic acids is 1. The van der Waals surface area contributed by atoms with E-state index in [1.807, 2.05) is 24.3 Å². The summed E-state index contributed by atoms with van der Waals surface area (Å²) >= 11 is 0. The highest BCUT2D eigenvalue weighted by Crippen LogP contribution is 2.33. The van der Waals surface area contributed by atoms with Gasteiger partial charge in [-0.2, -0.15) is 0 Å². The zero-order chi connectivity index (χ0) is 23.4. The van der Waals surface area contributed by atoms with E-state index in [-0.39, 0.29) is 12.0 Å². The van der Waals surface area contributed by atoms with Crippen LogP contribution in [0.15, 0.2) is 42.5 Å². The SMILES string of the molecule is CCCCc1ccc(CCc2cc(F)c(C(=O)O)c(F)c2-c2cc(F)c(F)c(F)c2)cc1. The average molecular weight is 448 g/mol. The standard InChI is InChI=1S/C25H21F5O2/c1-2-3-4-14-5-7-15(8-6-14)9-10-16-11-18(26)22(25(31)32)24(30)21(16)17-12-19(27)23(29)20(28)13-17/h5-8,11-13H,2-4,9-10H2,1H3,(H,31,32). The fourth-order valence-electron chi connectivity index (χ4n) is 3.61. The topological polar surface area (TPSA) is 37.3 Å². The summed E-state index contributed by atoms with van der Waals surface area (Å²) in [5, 5.41) is 9.17. The third-order valence-corrected chi connectivity index (χ3v) is 5.31. The molecule has 0 aliphatic carbocycles. The molecule has 0 atom stereocenters. The van der Waals surface area contributed by atoms with Crippen molar-refractivity contribution >= 4 is 5.97 Å². The molecule has 0 aliphatic heterocycles. The quantitative estimate of drug-likeness (QED) is 0.301. The first-order valence-corrected chi connectivity index (χ1v) is 10.2. The second-order valence-corrected chi connectivity index (χ2v) is 7.56. The maximum Gasteiger partial charge on any atom is 0.341 e. The monoisotopic (exact) mass is 448 g/mol. The minimum atomic E-state index is -1.86. The van der Waals surface area contributed by atoms with E-state index >= 15 is 4.39 Å². The van der Waals surface area contributed by atoms with Gasteiger partial charge in [0.1, 0.15) is 17.2 Å². The van der Waals surface area contributed by atoms with Crippen LogP contribution < -0.4 is 0 Å². The van der Waals surface area contributed by atoms with Crippen LogP contribution in [0, 0.1) is 29.1 Å². The first-order valence-electron chi connectivity index (χ1n) is 10.2. The Kier molecular flexibility index (Phi) is 7.28. The Balaban J connectivity index is 2.01. The van der Waals surface area contributed by atoms with Gasteiger partial charge in [-0.05, 0) is 66.1 Å². The summed E-state index contributed by atoms with van der Waals surface area (Å²) in [7, 11) is 0. The Labute approximate surface area is 182 Å². The lowest BCUT2D eigenvalue weighted by molar-refractivity contribution is 0.0686.